The number of halogens is 3. The minimum Gasteiger partial charge on any atom is -0.399 e. The highest BCUT2D eigenvalue weighted by Crippen LogP contribution is 2.17. The van der Waals surface area contributed by atoms with E-state index in [2.05, 4.69) is 4.84 Å². The van der Waals surface area contributed by atoms with E-state index in [1.807, 2.05) is 0 Å². The Labute approximate surface area is 101 Å². The highest BCUT2D eigenvalue weighted by atomic mass is 19.4. The van der Waals surface area contributed by atoms with Crippen LogP contribution in [0, 0.1) is 0 Å². The van der Waals surface area contributed by atoms with Gasteiger partial charge in [-0.05, 0) is 24.3 Å². The Morgan fingerprint density at radius 2 is 1.89 bits per heavy atom. The molecule has 0 aliphatic carbocycles. The number of alkyl halides is 3. The summed E-state index contributed by atoms with van der Waals surface area (Å²) in [6, 6.07) is 5.17. The van der Waals surface area contributed by atoms with Crippen molar-refractivity contribution in [2.24, 2.45) is 0 Å². The Kier molecular flexibility index (Phi) is 3.35. The van der Waals surface area contributed by atoms with Crippen LogP contribution in [0.1, 0.15) is 11.7 Å². The molecule has 0 atom stereocenters. The fraction of sp³-hybridized carbons (Fsp3) is 0.200. The molecule has 8 heteroatoms. The fourth-order valence-electron chi connectivity index (χ4n) is 0.963. The lowest BCUT2D eigenvalue weighted by molar-refractivity contribution is -0.225. The maximum Gasteiger partial charge on any atom is 0.493 e. The van der Waals surface area contributed by atoms with Gasteiger partial charge in [-0.1, -0.05) is 0 Å². The summed E-state index contributed by atoms with van der Waals surface area (Å²) < 4.78 is 42.8. The minimum atomic E-state index is -5.24. The highest BCUT2D eigenvalue weighted by molar-refractivity contribution is 5.94. The lowest BCUT2D eigenvalue weighted by Gasteiger charge is -2.16. The Morgan fingerprint density at radius 1 is 1.33 bits per heavy atom. The van der Waals surface area contributed by atoms with E-state index in [4.69, 9.17) is 7.10 Å². The Hall–Kier alpha value is -2.25. The van der Waals surface area contributed by atoms with Gasteiger partial charge in [0, 0.05) is 19.6 Å². The summed E-state index contributed by atoms with van der Waals surface area (Å²) in [7, 11) is -0.967. The van der Waals surface area contributed by atoms with Gasteiger partial charge in [-0.15, -0.1) is 0 Å². The number of nitrogens with zero attached hydrogens (tertiary/aromatic N) is 1. The van der Waals surface area contributed by atoms with Crippen molar-refractivity contribution in [2.75, 3.05) is 12.8 Å². The second-order valence-corrected chi connectivity index (χ2v) is 3.18. The molecule has 0 aliphatic rings. The highest BCUT2D eigenvalue weighted by Gasteiger charge is 2.43. The number of amides is 1. The Bertz CT molecular complexity index is 476. The third kappa shape index (κ3) is 3.37. The van der Waals surface area contributed by atoms with Crippen LogP contribution >= 0.6 is 0 Å². The molecule has 1 aromatic carbocycles. The van der Waals surface area contributed by atoms with Gasteiger partial charge in [-0.3, -0.25) is 4.79 Å². The maximum absolute atomic E-state index is 12.0. The van der Waals surface area contributed by atoms with Gasteiger partial charge in [-0.25, -0.2) is 4.79 Å². The van der Waals surface area contributed by atoms with Crippen molar-refractivity contribution in [1.82, 2.24) is 5.06 Å². The molecule has 1 amide bonds. The van der Waals surface area contributed by atoms with Gasteiger partial charge in [0.25, 0.3) is 5.91 Å². The topological polar surface area (TPSA) is 72.6 Å². The number of nitrogens with two attached hydrogens (primary N) is 1. The normalized spacial score (nSPS) is 11.6. The summed E-state index contributed by atoms with van der Waals surface area (Å²) in [5.41, 5.74) is 5.67. The monoisotopic (exact) mass is 263 g/mol. The largest absolute Gasteiger partial charge is 0.493 e. The number of hydroxylamine groups is 2. The molecule has 98 valence electrons. The number of rotatable bonds is 1. The van der Waals surface area contributed by atoms with Crippen LogP contribution < -0.4 is 5.73 Å². The number of anilines is 1. The van der Waals surface area contributed by atoms with Crippen molar-refractivity contribution < 1.29 is 29.0 Å². The lowest BCUT2D eigenvalue weighted by Crippen LogP contribution is -2.36. The van der Waals surface area contributed by atoms with Crippen LogP contribution in [-0.2, 0) is 9.63 Å². The summed E-state index contributed by atoms with van der Waals surface area (Å²) in [5.74, 6) is -3.61. The predicted octanol–water partition coefficient (Wildman–Crippen LogP) is 1.36. The van der Waals surface area contributed by atoms with Crippen molar-refractivity contribution in [2.45, 2.75) is 6.18 Å². The molecule has 0 heterocycles. The second kappa shape index (κ2) is 4.94. The number of carbonyl (C=O) groups excluding carboxylic acids is 2. The summed E-state index contributed by atoms with van der Waals surface area (Å²) in [4.78, 5) is 26.1. The smallest absolute Gasteiger partial charge is 0.399 e. The van der Waals surface area contributed by atoms with E-state index in [0.29, 0.717) is 5.69 Å². The minimum absolute atomic E-state index is 0.00134. The molecule has 0 saturated heterocycles. The number of nitrogen functional groups attached to an aromatic ring is 1. The van der Waals surface area contributed by atoms with Crippen LogP contribution in [-0.4, -0.2) is 30.1 Å². The SMILES string of the molecule is [2H]CN(OC(=O)C(F)(F)F)C(=O)c1ccc(N)cc1. The molecular weight excluding hydrogens is 253 g/mol. The molecule has 0 bridgehead atoms. The molecule has 0 saturated carbocycles. The molecule has 0 radical (unpaired) electrons. The second-order valence-electron chi connectivity index (χ2n) is 3.18. The van der Waals surface area contributed by atoms with E-state index in [9.17, 15) is 22.8 Å². The summed E-state index contributed by atoms with van der Waals surface area (Å²) in [5, 5.41) is 0.00134. The summed E-state index contributed by atoms with van der Waals surface area (Å²) in [6.45, 7) is 0. The standard InChI is InChI=1S/C10H9F3N2O3/c1-15(18-9(17)10(11,12)13)8(16)6-2-4-7(14)5-3-6/h2-5H,14H2,1H3/i1D. The van der Waals surface area contributed by atoms with Crippen molar-refractivity contribution >= 4 is 17.6 Å². The van der Waals surface area contributed by atoms with Gasteiger partial charge in [-0.2, -0.15) is 18.2 Å². The van der Waals surface area contributed by atoms with E-state index in [1.165, 1.54) is 24.3 Å². The van der Waals surface area contributed by atoms with Gasteiger partial charge < -0.3 is 10.6 Å². The predicted molar refractivity (Wildman–Crippen MR) is 55.1 cm³/mol. The van der Waals surface area contributed by atoms with Gasteiger partial charge in [0.15, 0.2) is 0 Å². The first kappa shape index (κ1) is 12.2. The van der Waals surface area contributed by atoms with Gasteiger partial charge >= 0.3 is 12.1 Å². The Morgan fingerprint density at radius 3 is 2.33 bits per heavy atom. The Balaban J connectivity index is 2.83. The fourth-order valence-corrected chi connectivity index (χ4v) is 0.963. The molecule has 1 aromatic rings. The van der Waals surface area contributed by atoms with Crippen LogP contribution in [0.15, 0.2) is 24.3 Å². The van der Waals surface area contributed by atoms with Crippen molar-refractivity contribution in [1.29, 1.82) is 0 Å². The van der Waals surface area contributed by atoms with Crippen molar-refractivity contribution in [3.63, 3.8) is 0 Å². The zero-order chi connectivity index (χ0) is 14.6. The van der Waals surface area contributed by atoms with E-state index >= 15 is 0 Å². The van der Waals surface area contributed by atoms with Crippen LogP contribution in [0.5, 0.6) is 0 Å². The average molecular weight is 263 g/mol. The van der Waals surface area contributed by atoms with Crippen LogP contribution in [0.25, 0.3) is 0 Å². The molecule has 0 spiro atoms. The molecule has 0 aliphatic heterocycles. The van der Waals surface area contributed by atoms with Crippen molar-refractivity contribution in [3.8, 4) is 0 Å². The first-order chi connectivity index (χ1) is 8.75. The van der Waals surface area contributed by atoms with Gasteiger partial charge in [0.05, 0.1) is 0 Å². The molecular formula is C10H9F3N2O3. The molecule has 0 fully saturated rings. The van der Waals surface area contributed by atoms with Crippen molar-refractivity contribution in [3.05, 3.63) is 29.8 Å². The molecule has 0 aromatic heterocycles. The van der Waals surface area contributed by atoms with Crippen LogP contribution in [0.2, 0.25) is 0 Å². The summed E-state index contributed by atoms with van der Waals surface area (Å²) in [6.07, 6.45) is -5.24. The van der Waals surface area contributed by atoms with E-state index in [0.717, 1.165) is 0 Å². The third-order valence-corrected chi connectivity index (χ3v) is 1.81. The van der Waals surface area contributed by atoms with Crippen LogP contribution in [0.4, 0.5) is 18.9 Å². The average Bonchev–Trinajstić information content (AvgIpc) is 2.34. The van der Waals surface area contributed by atoms with Gasteiger partial charge in [0.2, 0.25) is 0 Å². The molecule has 2 N–H and O–H groups in total. The lowest BCUT2D eigenvalue weighted by atomic mass is 10.2. The van der Waals surface area contributed by atoms with Gasteiger partial charge in [0.1, 0.15) is 0 Å². The number of carbonyl (C=O) groups is 2. The zero-order valence-corrected chi connectivity index (χ0v) is 8.90. The molecule has 5 nitrogen and oxygen atoms in total. The third-order valence-electron chi connectivity index (χ3n) is 1.81. The quantitative estimate of drug-likeness (QED) is 0.613. The zero-order valence-electron chi connectivity index (χ0n) is 9.90. The molecule has 18 heavy (non-hydrogen) atoms. The van der Waals surface area contributed by atoms with E-state index in [1.54, 1.807) is 0 Å². The van der Waals surface area contributed by atoms with Crippen LogP contribution in [0.3, 0.4) is 0 Å². The first-order valence-corrected chi connectivity index (χ1v) is 4.51. The maximum atomic E-state index is 12.0. The van der Waals surface area contributed by atoms with E-state index in [-0.39, 0.29) is 10.6 Å². The molecule has 0 unspecified atom stereocenters. The number of hydrogen-bond donors (Lipinski definition) is 1. The summed E-state index contributed by atoms with van der Waals surface area (Å²) >= 11 is 0. The van der Waals surface area contributed by atoms with E-state index < -0.39 is 25.1 Å². The number of benzene rings is 1. The molecule has 1 rings (SSSR count). The number of hydrogen-bond acceptors (Lipinski definition) is 4. The first-order valence-electron chi connectivity index (χ1n) is 5.22.